The minimum Gasteiger partial charge on any atom is -0.508 e. The Morgan fingerprint density at radius 1 is 1.02 bits per heavy atom. The van der Waals surface area contributed by atoms with Crippen LogP contribution < -0.4 is 10.6 Å². The molecule has 268 valence electrons. The molecular weight excluding hydrogens is 632 g/mol. The Hall–Kier alpha value is -3.67. The third-order valence-corrected chi connectivity index (χ3v) is 9.45. The molecule has 0 spiro atoms. The van der Waals surface area contributed by atoms with Gasteiger partial charge in [-0.25, -0.2) is 9.78 Å². The second-order valence-corrected chi connectivity index (χ2v) is 14.3. The minimum absolute atomic E-state index is 0.0681. The average molecular weight is 689 g/mol. The smallest absolute Gasteiger partial charge is 0.407 e. The van der Waals surface area contributed by atoms with E-state index in [0.717, 1.165) is 44.1 Å². The Labute approximate surface area is 289 Å². The number of thiazole rings is 1. The Morgan fingerprint density at radius 3 is 2.27 bits per heavy atom. The first kappa shape index (κ1) is 40.5. The monoisotopic (exact) mass is 688 g/mol. The highest BCUT2D eigenvalue weighted by molar-refractivity contribution is 7.09. The van der Waals surface area contributed by atoms with E-state index in [2.05, 4.69) is 43.3 Å². The molecule has 1 aromatic carbocycles. The molecule has 1 heterocycles. The zero-order valence-electron chi connectivity index (χ0n) is 29.7. The predicted molar refractivity (Wildman–Crippen MR) is 188 cm³/mol. The fourth-order valence-electron chi connectivity index (χ4n) is 5.62. The van der Waals surface area contributed by atoms with E-state index >= 15 is 0 Å². The molecule has 0 aliphatic heterocycles. The number of carbonyl (C=O) groups excluding carboxylic acids is 3. The lowest BCUT2D eigenvalue weighted by molar-refractivity contribution is -0.147. The number of carbonyl (C=O) groups is 4. The number of hydrogen-bond acceptors (Lipinski definition) is 8. The van der Waals surface area contributed by atoms with Gasteiger partial charge in [-0.15, -0.1) is 11.3 Å². The lowest BCUT2D eigenvalue weighted by atomic mass is 9.84. The van der Waals surface area contributed by atoms with Gasteiger partial charge in [0.15, 0.2) is 6.10 Å². The van der Waals surface area contributed by atoms with Crippen LogP contribution >= 0.6 is 11.3 Å². The van der Waals surface area contributed by atoms with Crippen molar-refractivity contribution < 1.29 is 34.1 Å². The molecule has 2 rings (SSSR count). The van der Waals surface area contributed by atoms with E-state index < -0.39 is 35.5 Å². The number of aliphatic carboxylic acids is 1. The number of carboxylic acids is 1. The van der Waals surface area contributed by atoms with E-state index in [9.17, 15) is 29.4 Å². The molecule has 12 heteroatoms. The summed E-state index contributed by atoms with van der Waals surface area (Å²) in [5, 5.41) is 27.0. The van der Waals surface area contributed by atoms with E-state index in [4.69, 9.17) is 4.74 Å². The first-order chi connectivity index (χ1) is 22.7. The molecule has 0 saturated heterocycles. The molecule has 11 nitrogen and oxygen atoms in total. The van der Waals surface area contributed by atoms with Crippen LogP contribution in [0.3, 0.4) is 0 Å². The third-order valence-electron chi connectivity index (χ3n) is 8.52. The fourth-order valence-corrected chi connectivity index (χ4v) is 6.45. The molecular formula is C36H56N4O7S. The first-order valence-electron chi connectivity index (χ1n) is 17.2. The SMILES string of the molecule is CCCCCCN(C(=O)CCCC)C(C[C@@H](OC(=O)NC)c1nc(C(=O)N[C@@H](Cc2ccc(O)cc2)CC(C)(C)C(=O)O)cs1)C(C)C. The number of benzene rings is 1. The quantitative estimate of drug-likeness (QED) is 0.101. The van der Waals surface area contributed by atoms with Crippen LogP contribution in [0.5, 0.6) is 5.75 Å². The first-order valence-corrected chi connectivity index (χ1v) is 18.1. The summed E-state index contributed by atoms with van der Waals surface area (Å²) in [5.41, 5.74) is -0.164. The predicted octanol–water partition coefficient (Wildman–Crippen LogP) is 7.10. The number of hydrogen-bond donors (Lipinski definition) is 4. The molecule has 0 radical (unpaired) electrons. The van der Waals surface area contributed by atoms with E-state index in [1.54, 1.807) is 43.5 Å². The number of phenolic OH excluding ortho intramolecular Hbond substituents is 1. The second kappa shape index (κ2) is 20.0. The number of unbranched alkanes of at least 4 members (excludes halogenated alkanes) is 4. The van der Waals surface area contributed by atoms with Crippen LogP contribution in [0.15, 0.2) is 29.6 Å². The van der Waals surface area contributed by atoms with Gasteiger partial charge in [0.2, 0.25) is 5.91 Å². The molecule has 2 aromatic rings. The van der Waals surface area contributed by atoms with Gasteiger partial charge in [0, 0.05) is 43.9 Å². The van der Waals surface area contributed by atoms with Gasteiger partial charge in [-0.3, -0.25) is 14.4 Å². The summed E-state index contributed by atoms with van der Waals surface area (Å²) in [6.07, 6.45) is 5.66. The van der Waals surface area contributed by atoms with Crippen LogP contribution in [0.4, 0.5) is 4.79 Å². The number of aromatic nitrogens is 1. The lowest BCUT2D eigenvalue weighted by Gasteiger charge is -2.36. The van der Waals surface area contributed by atoms with Gasteiger partial charge in [0.25, 0.3) is 5.91 Å². The van der Waals surface area contributed by atoms with Crippen LogP contribution in [0.25, 0.3) is 0 Å². The highest BCUT2D eigenvalue weighted by Gasteiger charge is 2.34. The summed E-state index contributed by atoms with van der Waals surface area (Å²) < 4.78 is 5.82. The number of amides is 3. The molecule has 0 saturated carbocycles. The second-order valence-electron chi connectivity index (χ2n) is 13.4. The summed E-state index contributed by atoms with van der Waals surface area (Å²) in [4.78, 5) is 58.0. The van der Waals surface area contributed by atoms with Gasteiger partial charge in [0.1, 0.15) is 16.5 Å². The molecule has 1 unspecified atom stereocenters. The van der Waals surface area contributed by atoms with Crippen molar-refractivity contribution in [2.45, 2.75) is 124 Å². The van der Waals surface area contributed by atoms with Crippen molar-refractivity contribution >= 4 is 35.2 Å². The number of aromatic hydroxyl groups is 1. The van der Waals surface area contributed by atoms with Crippen LogP contribution in [0.2, 0.25) is 0 Å². The number of ether oxygens (including phenoxy) is 1. The van der Waals surface area contributed by atoms with Crippen molar-refractivity contribution in [3.05, 3.63) is 45.9 Å². The summed E-state index contributed by atoms with van der Waals surface area (Å²) in [7, 11) is 1.47. The van der Waals surface area contributed by atoms with E-state index in [1.165, 1.54) is 18.4 Å². The van der Waals surface area contributed by atoms with Crippen molar-refractivity contribution in [3.8, 4) is 5.75 Å². The molecule has 4 N–H and O–H groups in total. The maximum absolute atomic E-state index is 13.5. The van der Waals surface area contributed by atoms with Crippen molar-refractivity contribution in [2.75, 3.05) is 13.6 Å². The van der Waals surface area contributed by atoms with Crippen LogP contribution in [0.1, 0.15) is 126 Å². The standard InChI is InChI=1S/C36H56N4O7S/c1-8-10-12-13-19-40(31(42)14-11-9-2)29(24(3)4)21-30(47-35(46)37-7)33-39-28(23-48-33)32(43)38-26(22-36(5,6)34(44)45)20-25-15-17-27(41)18-16-25/h15-18,23-24,26,29-30,41H,8-14,19-22H2,1-7H3,(H,37,46)(H,38,43)(H,44,45)/t26-,29?,30+/m0/s1. The highest BCUT2D eigenvalue weighted by Crippen LogP contribution is 2.32. The van der Waals surface area contributed by atoms with Crippen LogP contribution in [0, 0.1) is 11.3 Å². The molecule has 48 heavy (non-hydrogen) atoms. The molecule has 1 aromatic heterocycles. The number of rotatable bonds is 21. The summed E-state index contributed by atoms with van der Waals surface area (Å²) in [6, 6.07) is 5.79. The van der Waals surface area contributed by atoms with E-state index in [0.29, 0.717) is 30.8 Å². The number of nitrogens with zero attached hydrogens (tertiary/aromatic N) is 2. The van der Waals surface area contributed by atoms with Crippen molar-refractivity contribution in [2.24, 2.45) is 11.3 Å². The lowest BCUT2D eigenvalue weighted by Crippen LogP contribution is -2.45. The van der Waals surface area contributed by atoms with Gasteiger partial charge < -0.3 is 30.5 Å². The Morgan fingerprint density at radius 2 is 1.69 bits per heavy atom. The summed E-state index contributed by atoms with van der Waals surface area (Å²) >= 11 is 1.20. The molecule has 0 aliphatic carbocycles. The van der Waals surface area contributed by atoms with Crippen LogP contribution in [-0.4, -0.2) is 69.6 Å². The molecule has 0 aliphatic rings. The molecule has 0 fully saturated rings. The maximum Gasteiger partial charge on any atom is 0.407 e. The topological polar surface area (TPSA) is 158 Å². The van der Waals surface area contributed by atoms with Gasteiger partial charge in [-0.1, -0.05) is 65.5 Å². The van der Waals surface area contributed by atoms with E-state index in [1.807, 2.05) is 4.90 Å². The molecule has 3 atom stereocenters. The van der Waals surface area contributed by atoms with Gasteiger partial charge in [-0.2, -0.15) is 0 Å². The normalized spacial score (nSPS) is 13.4. The van der Waals surface area contributed by atoms with Gasteiger partial charge in [-0.05, 0) is 63.1 Å². The zero-order valence-corrected chi connectivity index (χ0v) is 30.5. The van der Waals surface area contributed by atoms with Crippen molar-refractivity contribution in [1.29, 1.82) is 0 Å². The maximum atomic E-state index is 13.5. The number of carboxylic acid groups (broad SMARTS) is 1. The zero-order chi connectivity index (χ0) is 35.9. The number of phenols is 1. The Kier molecular flexibility index (Phi) is 16.9. The third kappa shape index (κ3) is 13.1. The Bertz CT molecular complexity index is 1310. The highest BCUT2D eigenvalue weighted by atomic mass is 32.1. The largest absolute Gasteiger partial charge is 0.508 e. The van der Waals surface area contributed by atoms with Gasteiger partial charge in [0.05, 0.1) is 5.41 Å². The average Bonchev–Trinajstić information content (AvgIpc) is 3.53. The number of nitrogens with one attached hydrogen (secondary N) is 2. The molecule has 3 amide bonds. The van der Waals surface area contributed by atoms with Crippen molar-refractivity contribution in [1.82, 2.24) is 20.5 Å². The summed E-state index contributed by atoms with van der Waals surface area (Å²) in [5.74, 6) is -1.19. The fraction of sp³-hybridized carbons (Fsp3) is 0.639. The van der Waals surface area contributed by atoms with Gasteiger partial charge >= 0.3 is 12.1 Å². The van der Waals surface area contributed by atoms with E-state index in [-0.39, 0.29) is 35.7 Å². The minimum atomic E-state index is -1.11. The summed E-state index contributed by atoms with van der Waals surface area (Å²) in [6.45, 7) is 12.2. The number of alkyl carbamates (subject to hydrolysis) is 1. The van der Waals surface area contributed by atoms with Crippen molar-refractivity contribution in [3.63, 3.8) is 0 Å². The Balaban J connectivity index is 2.37. The molecule has 0 bridgehead atoms. The van der Waals surface area contributed by atoms with Crippen LogP contribution in [-0.2, 0) is 20.7 Å².